The maximum absolute atomic E-state index is 5.86. The predicted molar refractivity (Wildman–Crippen MR) is 113 cm³/mol. The van der Waals surface area contributed by atoms with Gasteiger partial charge in [0.1, 0.15) is 15.9 Å². The highest BCUT2D eigenvalue weighted by molar-refractivity contribution is 8.22. The van der Waals surface area contributed by atoms with Crippen LogP contribution in [0.2, 0.25) is 0 Å². The number of hydrogen-bond donors (Lipinski definition) is 2. The number of thioether (sulfide) groups is 1. The van der Waals surface area contributed by atoms with E-state index < -0.39 is 0 Å². The van der Waals surface area contributed by atoms with Gasteiger partial charge in [-0.25, -0.2) is 0 Å². The highest BCUT2D eigenvalue weighted by Crippen LogP contribution is 2.26. The number of nitrogens with one attached hydrogen (secondary N) is 1. The molecule has 1 fully saturated rings. The third-order valence-electron chi connectivity index (χ3n) is 4.14. The quantitative estimate of drug-likeness (QED) is 0.719. The lowest BCUT2D eigenvalue weighted by Crippen LogP contribution is -2.45. The number of rotatable bonds is 5. The molecule has 0 amide bonds. The number of ether oxygens (including phenoxy) is 1. The number of thiocarbonyl (C=S) groups is 1. The van der Waals surface area contributed by atoms with E-state index in [1.54, 1.807) is 18.9 Å². The van der Waals surface area contributed by atoms with Crippen molar-refractivity contribution in [3.05, 3.63) is 30.1 Å². The second-order valence-electron chi connectivity index (χ2n) is 6.10. The fourth-order valence-corrected chi connectivity index (χ4v) is 3.74. The Morgan fingerprint density at radius 2 is 1.96 bits per heavy atom. The molecule has 0 radical (unpaired) electrons. The molecular formula is C17H23N7OS2. The number of nitrogens with zero attached hydrogens (tertiary/aromatic N) is 5. The molecular weight excluding hydrogens is 382 g/mol. The van der Waals surface area contributed by atoms with Crippen LogP contribution in [0.25, 0.3) is 0 Å². The van der Waals surface area contributed by atoms with Crippen LogP contribution in [-0.2, 0) is 5.75 Å². The summed E-state index contributed by atoms with van der Waals surface area (Å²) in [4.78, 5) is 17.4. The standard InChI is InChI=1S/C17H23N7OS2/c1-23-7-9-24(10-8-23)17(26)27-11-14-20-15(18)22-16(21-14)19-12-5-3-4-6-13(12)25-2/h3-6H,7-11H2,1-2H3,(H3,18,19,20,21,22). The lowest BCUT2D eigenvalue weighted by molar-refractivity contribution is 0.220. The Balaban J connectivity index is 1.64. The Bertz CT molecular complexity index is 797. The molecule has 0 spiro atoms. The summed E-state index contributed by atoms with van der Waals surface area (Å²) >= 11 is 7.10. The van der Waals surface area contributed by atoms with Crippen LogP contribution < -0.4 is 15.8 Å². The number of piperazine rings is 1. The Morgan fingerprint density at radius 3 is 2.70 bits per heavy atom. The average Bonchev–Trinajstić information content (AvgIpc) is 2.67. The monoisotopic (exact) mass is 405 g/mol. The van der Waals surface area contributed by atoms with Gasteiger partial charge in [-0.1, -0.05) is 36.1 Å². The number of nitrogens with two attached hydrogens (primary N) is 1. The van der Waals surface area contributed by atoms with E-state index in [0.717, 1.165) is 36.2 Å². The van der Waals surface area contributed by atoms with Crippen LogP contribution in [-0.4, -0.2) is 69.4 Å². The van der Waals surface area contributed by atoms with Crippen molar-refractivity contribution in [1.29, 1.82) is 0 Å². The Kier molecular flexibility index (Phi) is 6.64. The SMILES string of the molecule is COc1ccccc1Nc1nc(N)nc(CSC(=S)N2CCN(C)CC2)n1. The van der Waals surface area contributed by atoms with Gasteiger partial charge in [-0.3, -0.25) is 0 Å². The molecule has 0 saturated carbocycles. The minimum absolute atomic E-state index is 0.170. The predicted octanol–water partition coefficient (Wildman–Crippen LogP) is 1.97. The fourth-order valence-electron chi connectivity index (χ4n) is 2.63. The Labute approximate surface area is 168 Å². The lowest BCUT2D eigenvalue weighted by atomic mass is 10.3. The van der Waals surface area contributed by atoms with E-state index in [1.165, 1.54) is 0 Å². The third kappa shape index (κ3) is 5.41. The Hall–Kier alpha value is -2.17. The first-order valence-corrected chi connectivity index (χ1v) is 9.95. The van der Waals surface area contributed by atoms with Crippen LogP contribution in [0.5, 0.6) is 5.75 Å². The van der Waals surface area contributed by atoms with Crippen LogP contribution in [0.4, 0.5) is 17.6 Å². The smallest absolute Gasteiger partial charge is 0.232 e. The van der Waals surface area contributed by atoms with Crippen LogP contribution in [0, 0.1) is 0 Å². The molecule has 0 aliphatic carbocycles. The summed E-state index contributed by atoms with van der Waals surface area (Å²) in [7, 11) is 3.74. The average molecular weight is 406 g/mol. The maximum Gasteiger partial charge on any atom is 0.232 e. The summed E-state index contributed by atoms with van der Waals surface area (Å²) in [6.07, 6.45) is 0. The summed E-state index contributed by atoms with van der Waals surface area (Å²) in [5, 5.41) is 3.14. The van der Waals surface area contributed by atoms with Gasteiger partial charge < -0.3 is 25.6 Å². The van der Waals surface area contributed by atoms with E-state index in [9.17, 15) is 0 Å². The van der Waals surface area contributed by atoms with E-state index in [2.05, 4.69) is 37.1 Å². The first kappa shape index (κ1) is 19.6. The van der Waals surface area contributed by atoms with Gasteiger partial charge in [0.05, 0.1) is 18.6 Å². The molecule has 8 nitrogen and oxygen atoms in total. The first-order chi connectivity index (χ1) is 13.0. The van der Waals surface area contributed by atoms with Crippen molar-refractivity contribution in [2.24, 2.45) is 0 Å². The third-order valence-corrected chi connectivity index (χ3v) is 5.66. The minimum atomic E-state index is 0.170. The number of likely N-dealkylation sites (N-methyl/N-ethyl adjacent to an activating group) is 1. The van der Waals surface area contributed by atoms with E-state index in [0.29, 0.717) is 23.3 Å². The van der Waals surface area contributed by atoms with Crippen LogP contribution in [0.1, 0.15) is 5.82 Å². The molecule has 0 unspecified atom stereocenters. The summed E-state index contributed by atoms with van der Waals surface area (Å²) in [5.74, 6) is 2.38. The molecule has 10 heteroatoms. The van der Waals surface area contributed by atoms with Gasteiger partial charge in [0.15, 0.2) is 0 Å². The number of methoxy groups -OCH3 is 1. The molecule has 27 heavy (non-hydrogen) atoms. The maximum atomic E-state index is 5.86. The zero-order valence-corrected chi connectivity index (χ0v) is 17.0. The number of anilines is 3. The number of aromatic nitrogens is 3. The van der Waals surface area contributed by atoms with Gasteiger partial charge in [-0.15, -0.1) is 0 Å². The zero-order chi connectivity index (χ0) is 19.2. The molecule has 1 saturated heterocycles. The van der Waals surface area contributed by atoms with Crippen molar-refractivity contribution >= 4 is 45.9 Å². The fraction of sp³-hybridized carbons (Fsp3) is 0.412. The lowest BCUT2D eigenvalue weighted by Gasteiger charge is -2.33. The molecule has 3 rings (SSSR count). The summed E-state index contributed by atoms with van der Waals surface area (Å²) in [6.45, 7) is 3.93. The summed E-state index contributed by atoms with van der Waals surface area (Å²) in [6, 6.07) is 7.54. The van der Waals surface area contributed by atoms with Gasteiger partial charge >= 0.3 is 0 Å². The van der Waals surface area contributed by atoms with E-state index in [1.807, 2.05) is 24.3 Å². The van der Waals surface area contributed by atoms with Gasteiger partial charge in [-0.2, -0.15) is 15.0 Å². The number of hydrogen-bond acceptors (Lipinski definition) is 9. The normalized spacial score (nSPS) is 14.8. The Morgan fingerprint density at radius 1 is 1.22 bits per heavy atom. The van der Waals surface area contributed by atoms with Crippen molar-refractivity contribution < 1.29 is 4.74 Å². The van der Waals surface area contributed by atoms with Gasteiger partial charge in [-0.05, 0) is 19.2 Å². The molecule has 2 aromatic rings. The summed E-state index contributed by atoms with van der Waals surface area (Å²) in [5.41, 5.74) is 6.62. The molecule has 0 atom stereocenters. The second-order valence-corrected chi connectivity index (χ2v) is 7.71. The highest BCUT2D eigenvalue weighted by Gasteiger charge is 2.17. The van der Waals surface area contributed by atoms with Crippen molar-refractivity contribution in [3.63, 3.8) is 0 Å². The van der Waals surface area contributed by atoms with Crippen LogP contribution in [0.3, 0.4) is 0 Å². The first-order valence-electron chi connectivity index (χ1n) is 8.56. The van der Waals surface area contributed by atoms with Crippen LogP contribution >= 0.6 is 24.0 Å². The molecule has 0 bridgehead atoms. The number of para-hydroxylation sites is 2. The van der Waals surface area contributed by atoms with Crippen LogP contribution in [0.15, 0.2) is 24.3 Å². The second kappa shape index (κ2) is 9.16. The van der Waals surface area contributed by atoms with Crippen molar-refractivity contribution in [2.45, 2.75) is 5.75 Å². The molecule has 144 valence electrons. The van der Waals surface area contributed by atoms with Crippen molar-refractivity contribution in [2.75, 3.05) is 51.4 Å². The molecule has 1 aromatic heterocycles. The van der Waals surface area contributed by atoms with E-state index in [4.69, 9.17) is 22.7 Å². The largest absolute Gasteiger partial charge is 0.495 e. The molecule has 2 heterocycles. The molecule has 1 aliphatic rings. The topological polar surface area (TPSA) is 92.4 Å². The van der Waals surface area contributed by atoms with Gasteiger partial charge in [0.25, 0.3) is 0 Å². The van der Waals surface area contributed by atoms with Gasteiger partial charge in [0.2, 0.25) is 11.9 Å². The van der Waals surface area contributed by atoms with Crippen molar-refractivity contribution in [1.82, 2.24) is 24.8 Å². The van der Waals surface area contributed by atoms with E-state index >= 15 is 0 Å². The number of nitrogen functional groups attached to an aromatic ring is 1. The summed E-state index contributed by atoms with van der Waals surface area (Å²) < 4.78 is 6.20. The highest BCUT2D eigenvalue weighted by atomic mass is 32.2. The van der Waals surface area contributed by atoms with Gasteiger partial charge in [0, 0.05) is 26.2 Å². The minimum Gasteiger partial charge on any atom is -0.495 e. The molecule has 1 aliphatic heterocycles. The van der Waals surface area contributed by atoms with E-state index in [-0.39, 0.29) is 5.95 Å². The molecule has 3 N–H and O–H groups in total. The molecule has 1 aromatic carbocycles. The number of benzene rings is 1. The van der Waals surface area contributed by atoms with Crippen molar-refractivity contribution in [3.8, 4) is 5.75 Å². The zero-order valence-electron chi connectivity index (χ0n) is 15.4.